The average molecular weight is 1130 g/mol. The molecular weight excluding hydrogens is 1050 g/mol. The number of hydrogen-bond donors (Lipinski definition) is 8. The van der Waals surface area contributed by atoms with Gasteiger partial charge in [-0.3, -0.25) is 0 Å². The van der Waals surface area contributed by atoms with Crippen LogP contribution in [0.3, 0.4) is 0 Å². The molecule has 0 saturated heterocycles. The summed E-state index contributed by atoms with van der Waals surface area (Å²) >= 11 is 0. The van der Waals surface area contributed by atoms with Crippen molar-refractivity contribution in [1.82, 2.24) is 9.72 Å². The van der Waals surface area contributed by atoms with Crippen LogP contribution >= 0.6 is 23.7 Å². The number of phenolic OH excluding ortho intramolecular Hbond substituents is 6. The number of phenols is 6. The summed E-state index contributed by atoms with van der Waals surface area (Å²) in [6.45, 7) is 35.0. The van der Waals surface area contributed by atoms with Crippen molar-refractivity contribution in [2.45, 2.75) is 157 Å². The van der Waals surface area contributed by atoms with Crippen molar-refractivity contribution < 1.29 is 57.8 Å². The van der Waals surface area contributed by atoms with Crippen molar-refractivity contribution in [3.05, 3.63) is 143 Å². The van der Waals surface area contributed by atoms with E-state index in [0.717, 1.165) is 0 Å². The van der Waals surface area contributed by atoms with Crippen LogP contribution in [0.1, 0.15) is 158 Å². The van der Waals surface area contributed by atoms with E-state index >= 15 is 0 Å². The van der Waals surface area contributed by atoms with Gasteiger partial charge in [0.1, 0.15) is 0 Å². The number of nitrogens with zero attached hydrogens (tertiary/aromatic N) is 1. The van der Waals surface area contributed by atoms with Crippen LogP contribution in [0, 0.1) is 0 Å². The van der Waals surface area contributed by atoms with Crippen LogP contribution in [-0.2, 0) is 32.5 Å². The summed E-state index contributed by atoms with van der Waals surface area (Å²) in [7, 11) is -12.1. The molecule has 422 valence electrons. The number of benzene rings is 6. The Hall–Kier alpha value is -6.20. The molecule has 0 saturated carbocycles. The van der Waals surface area contributed by atoms with E-state index in [4.69, 9.17) is 31.7 Å². The van der Waals surface area contributed by atoms with Crippen LogP contribution in [0.15, 0.2) is 114 Å². The second kappa shape index (κ2) is 19.9. The molecule has 15 nitrogen and oxygen atoms in total. The molecule has 78 heavy (non-hydrogen) atoms. The van der Waals surface area contributed by atoms with Crippen molar-refractivity contribution in [1.29, 1.82) is 0 Å². The molecule has 0 amide bonds. The zero-order valence-electron chi connectivity index (χ0n) is 48.3. The van der Waals surface area contributed by atoms with Crippen molar-refractivity contribution in [2.75, 3.05) is 0 Å². The van der Waals surface area contributed by atoms with E-state index in [0.29, 0.717) is 33.4 Å². The van der Waals surface area contributed by atoms with Crippen molar-refractivity contribution in [3.63, 3.8) is 0 Å². The third-order valence-electron chi connectivity index (χ3n) is 13.0. The summed E-state index contributed by atoms with van der Waals surface area (Å²) < 4.78 is 50.5. The van der Waals surface area contributed by atoms with Crippen LogP contribution in [0.4, 0.5) is 0 Å². The average Bonchev–Trinajstić information content (AvgIpc) is 3.30. The van der Waals surface area contributed by atoms with Crippen molar-refractivity contribution >= 4 is 23.7 Å². The fraction of sp³-hybridized carbons (Fsp3) is 0.400. The fourth-order valence-corrected chi connectivity index (χ4v) is 19.3. The van der Waals surface area contributed by atoms with Crippen LogP contribution in [0.25, 0.3) is 0 Å². The molecule has 0 aromatic heterocycles. The molecule has 18 heteroatoms. The SMILES string of the molecule is CC(C)(C)c1cc(OP2(Oc3ccc(O)c(C(C)(C)C)c3)(Oc3ccc(O)c(C(C)(C)C)c3)N=PNP(Oc3ccc(O)c(C(C)(C)C)c3)(Oc3ccc(O)c(C(C)(C)C)c3)(Oc3ccc(O)c(C(C)(C)C)c3)N2)ccc1O. The maximum absolute atomic E-state index is 11.4. The van der Waals surface area contributed by atoms with Gasteiger partial charge in [-0.15, -0.1) is 0 Å². The first kappa shape index (κ1) is 59.5. The molecule has 8 N–H and O–H groups in total. The van der Waals surface area contributed by atoms with Gasteiger partial charge < -0.3 is 0 Å². The van der Waals surface area contributed by atoms with Gasteiger partial charge in [0, 0.05) is 0 Å². The summed E-state index contributed by atoms with van der Waals surface area (Å²) in [5.41, 5.74) is -0.762. The Kier molecular flexibility index (Phi) is 15.1. The second-order valence-electron chi connectivity index (χ2n) is 26.2. The van der Waals surface area contributed by atoms with E-state index in [1.807, 2.05) is 125 Å². The Bertz CT molecular complexity index is 2960. The quantitative estimate of drug-likeness (QED) is 0.0536. The molecule has 7 rings (SSSR count). The molecule has 0 fully saturated rings. The molecule has 6 aromatic rings. The fourth-order valence-electron chi connectivity index (χ4n) is 9.02. The van der Waals surface area contributed by atoms with Crippen LogP contribution < -0.4 is 36.9 Å². The Morgan fingerprint density at radius 2 is 0.513 bits per heavy atom. The standard InChI is InChI=1S/C60H80N3O12P3/c1-55(2,3)43-31-37(19-25-49(43)64)70-77(71-38-20-26-50(65)44(32-38)56(4,5)6,72-39-21-27-51(66)45(33-39)57(7,8)9)61-76-62-78(63-77,73-40-22-28-52(67)46(34-40)58(10,11)12,74-41-23-29-53(68)47(35-41)59(13,14)15)75-42-24-30-54(69)48(36-42)60(16,17)18/h19-36,63-69H,1-18H3,(H,61,62). The first-order valence-electron chi connectivity index (χ1n) is 25.9. The number of rotatable bonds is 12. The Balaban J connectivity index is 1.72. The molecule has 0 atom stereocenters. The molecule has 1 aliphatic rings. The summed E-state index contributed by atoms with van der Waals surface area (Å²) in [6, 6.07) is 28.4. The summed E-state index contributed by atoms with van der Waals surface area (Å²) in [5.74, 6) is 0.648. The van der Waals surface area contributed by atoms with E-state index in [-0.39, 0.29) is 77.5 Å². The summed E-state index contributed by atoms with van der Waals surface area (Å²) in [6.07, 6.45) is 0. The predicted molar refractivity (Wildman–Crippen MR) is 314 cm³/mol. The van der Waals surface area contributed by atoms with Gasteiger partial charge in [0.25, 0.3) is 0 Å². The first-order valence-corrected chi connectivity index (χ1v) is 30.7. The molecule has 0 aliphatic carbocycles. The molecule has 0 unspecified atom stereocenters. The summed E-state index contributed by atoms with van der Waals surface area (Å²) in [5, 5.41) is 68.7. The first-order chi connectivity index (χ1) is 35.6. The Morgan fingerprint density at radius 1 is 0.321 bits per heavy atom. The second-order valence-corrected chi connectivity index (χ2v) is 33.3. The third kappa shape index (κ3) is 12.6. The molecule has 1 heterocycles. The Morgan fingerprint density at radius 3 is 0.705 bits per heavy atom. The molecular formula is C60H80N3O12P3. The zero-order chi connectivity index (χ0) is 58.1. The van der Waals surface area contributed by atoms with Gasteiger partial charge in [0.2, 0.25) is 0 Å². The number of aromatic hydroxyl groups is 6. The van der Waals surface area contributed by atoms with Crippen LogP contribution in [0.2, 0.25) is 0 Å². The monoisotopic (exact) mass is 1130 g/mol. The maximum atomic E-state index is 11.4. The molecule has 1 aliphatic heterocycles. The van der Waals surface area contributed by atoms with Gasteiger partial charge in [-0.05, 0) is 0 Å². The van der Waals surface area contributed by atoms with Gasteiger partial charge in [0.05, 0.1) is 0 Å². The molecule has 0 spiro atoms. The van der Waals surface area contributed by atoms with Gasteiger partial charge in [-0.2, -0.15) is 0 Å². The van der Waals surface area contributed by atoms with E-state index < -0.39 is 47.7 Å². The predicted octanol–water partition coefficient (Wildman–Crippen LogP) is 17.0. The van der Waals surface area contributed by atoms with Crippen LogP contribution in [-0.4, -0.2) is 30.6 Å². The topological polar surface area (TPSA) is 213 Å². The van der Waals surface area contributed by atoms with Gasteiger partial charge in [-0.1, -0.05) is 0 Å². The number of hydrogen-bond acceptors (Lipinski definition) is 15. The third-order valence-corrected chi connectivity index (χ3v) is 22.3. The van der Waals surface area contributed by atoms with E-state index in [1.54, 1.807) is 72.8 Å². The van der Waals surface area contributed by atoms with Crippen LogP contribution in [0.5, 0.6) is 69.0 Å². The zero-order valence-corrected chi connectivity index (χ0v) is 51.0. The number of nitrogens with one attached hydrogen (secondary N) is 2. The minimum absolute atomic E-state index is 0.000394. The normalized spacial score (nSPS) is 17.5. The van der Waals surface area contributed by atoms with Crippen molar-refractivity contribution in [2.24, 2.45) is 4.52 Å². The van der Waals surface area contributed by atoms with Gasteiger partial charge in [-0.25, -0.2) is 0 Å². The van der Waals surface area contributed by atoms with Gasteiger partial charge >= 0.3 is 464 Å². The van der Waals surface area contributed by atoms with E-state index in [2.05, 4.69) is 9.72 Å². The van der Waals surface area contributed by atoms with Crippen molar-refractivity contribution in [3.8, 4) is 69.0 Å². The Labute approximate surface area is 462 Å². The van der Waals surface area contributed by atoms with E-state index in [9.17, 15) is 30.6 Å². The minimum atomic E-state index is -6.08. The van der Waals surface area contributed by atoms with Gasteiger partial charge in [0.15, 0.2) is 0 Å². The molecule has 0 radical (unpaired) electrons. The van der Waals surface area contributed by atoms with E-state index in [1.165, 1.54) is 36.4 Å². The summed E-state index contributed by atoms with van der Waals surface area (Å²) in [4.78, 5) is 7.03. The molecule has 6 aromatic carbocycles. The molecule has 0 bridgehead atoms.